The molecule has 0 spiro atoms. The van der Waals surface area contributed by atoms with E-state index in [1.165, 1.54) is 0 Å². The molecule has 2 unspecified atom stereocenters. The molecule has 0 radical (unpaired) electrons. The fourth-order valence-corrected chi connectivity index (χ4v) is 3.08. The zero-order valence-corrected chi connectivity index (χ0v) is 10.1. The maximum Gasteiger partial charge on any atom is 0.308 e. The highest BCUT2D eigenvalue weighted by molar-refractivity contribution is 5.71. The van der Waals surface area contributed by atoms with Crippen LogP contribution in [0.25, 0.3) is 0 Å². The van der Waals surface area contributed by atoms with E-state index in [9.17, 15) is 9.90 Å². The molecule has 0 amide bonds. The van der Waals surface area contributed by atoms with E-state index in [-0.39, 0.29) is 5.92 Å². The summed E-state index contributed by atoms with van der Waals surface area (Å²) < 4.78 is 0. The first-order valence-corrected chi connectivity index (χ1v) is 6.41. The van der Waals surface area contributed by atoms with Crippen molar-refractivity contribution in [2.45, 2.75) is 32.2 Å². The summed E-state index contributed by atoms with van der Waals surface area (Å²) in [5.74, 6) is -0.714. The number of piperazine rings is 1. The Balaban J connectivity index is 1.90. The van der Waals surface area contributed by atoms with Gasteiger partial charge in [-0.15, -0.1) is 0 Å². The zero-order chi connectivity index (χ0) is 11.5. The van der Waals surface area contributed by atoms with Crippen molar-refractivity contribution < 1.29 is 9.90 Å². The number of hydrogen-bond acceptors (Lipinski definition) is 3. The molecule has 1 aliphatic carbocycles. The van der Waals surface area contributed by atoms with Crippen LogP contribution in [0, 0.1) is 5.92 Å². The number of aliphatic carboxylic acids is 1. The Kier molecular flexibility index (Phi) is 3.82. The molecule has 4 nitrogen and oxygen atoms in total. The predicted molar refractivity (Wildman–Crippen MR) is 62.5 cm³/mol. The van der Waals surface area contributed by atoms with Crippen LogP contribution in [0.3, 0.4) is 0 Å². The molecular weight excluding hydrogens is 204 g/mol. The zero-order valence-electron chi connectivity index (χ0n) is 10.1. The van der Waals surface area contributed by atoms with Gasteiger partial charge >= 0.3 is 5.97 Å². The number of carboxylic acids is 1. The molecule has 1 saturated carbocycles. The molecule has 2 fully saturated rings. The number of carbonyl (C=O) groups is 1. The second kappa shape index (κ2) is 5.15. The second-order valence-electron chi connectivity index (χ2n) is 4.91. The van der Waals surface area contributed by atoms with Crippen LogP contribution >= 0.6 is 0 Å². The third-order valence-corrected chi connectivity index (χ3v) is 4.12. The summed E-state index contributed by atoms with van der Waals surface area (Å²) >= 11 is 0. The first-order chi connectivity index (χ1) is 7.72. The molecule has 1 N–H and O–H groups in total. The number of likely N-dealkylation sites (N-methyl/N-ethyl adjacent to an activating group) is 1. The average molecular weight is 226 g/mol. The monoisotopic (exact) mass is 226 g/mol. The van der Waals surface area contributed by atoms with Gasteiger partial charge in [-0.05, 0) is 19.4 Å². The van der Waals surface area contributed by atoms with Crippen molar-refractivity contribution in [3.63, 3.8) is 0 Å². The quantitative estimate of drug-likeness (QED) is 0.776. The van der Waals surface area contributed by atoms with Crippen molar-refractivity contribution in [1.29, 1.82) is 0 Å². The van der Waals surface area contributed by atoms with E-state index in [2.05, 4.69) is 16.7 Å². The molecule has 2 aliphatic rings. The molecule has 0 aromatic rings. The fourth-order valence-electron chi connectivity index (χ4n) is 3.08. The van der Waals surface area contributed by atoms with E-state index in [4.69, 9.17) is 0 Å². The average Bonchev–Trinajstić information content (AvgIpc) is 2.78. The molecule has 1 heterocycles. The number of nitrogens with zero attached hydrogens (tertiary/aromatic N) is 2. The lowest BCUT2D eigenvalue weighted by atomic mass is 10.0. The minimum absolute atomic E-state index is 0.117. The Bertz CT molecular complexity index is 249. The highest BCUT2D eigenvalue weighted by Gasteiger charge is 2.37. The SMILES string of the molecule is CCN1CCN(C2CCCC2C(=O)O)CC1. The molecule has 2 rings (SSSR count). The Morgan fingerprint density at radius 3 is 2.50 bits per heavy atom. The van der Waals surface area contributed by atoms with Crippen LogP contribution in [0.2, 0.25) is 0 Å². The van der Waals surface area contributed by atoms with Crippen molar-refractivity contribution in [3.05, 3.63) is 0 Å². The van der Waals surface area contributed by atoms with Gasteiger partial charge in [0.05, 0.1) is 5.92 Å². The van der Waals surface area contributed by atoms with E-state index in [1.54, 1.807) is 0 Å². The molecule has 0 aromatic heterocycles. The lowest BCUT2D eigenvalue weighted by Gasteiger charge is -2.38. The summed E-state index contributed by atoms with van der Waals surface area (Å²) in [5.41, 5.74) is 0. The van der Waals surface area contributed by atoms with Crippen molar-refractivity contribution in [3.8, 4) is 0 Å². The van der Waals surface area contributed by atoms with Gasteiger partial charge in [0.2, 0.25) is 0 Å². The van der Waals surface area contributed by atoms with Gasteiger partial charge in [-0.25, -0.2) is 0 Å². The fraction of sp³-hybridized carbons (Fsp3) is 0.917. The highest BCUT2D eigenvalue weighted by Crippen LogP contribution is 2.30. The maximum atomic E-state index is 11.1. The predicted octanol–water partition coefficient (Wildman–Crippen LogP) is 0.877. The van der Waals surface area contributed by atoms with Crippen LogP contribution in [0.4, 0.5) is 0 Å². The summed E-state index contributed by atoms with van der Waals surface area (Å²) in [4.78, 5) is 16.0. The standard InChI is InChI=1S/C12H22N2O2/c1-2-13-6-8-14(9-7-13)11-5-3-4-10(11)12(15)16/h10-11H,2-9H2,1H3,(H,15,16). The van der Waals surface area contributed by atoms with E-state index < -0.39 is 5.97 Å². The van der Waals surface area contributed by atoms with Crippen molar-refractivity contribution in [2.24, 2.45) is 5.92 Å². The van der Waals surface area contributed by atoms with Gasteiger partial charge in [0.15, 0.2) is 0 Å². The minimum Gasteiger partial charge on any atom is -0.481 e. The van der Waals surface area contributed by atoms with Crippen LogP contribution in [-0.2, 0) is 4.79 Å². The van der Waals surface area contributed by atoms with Crippen LogP contribution < -0.4 is 0 Å². The Morgan fingerprint density at radius 2 is 1.94 bits per heavy atom. The lowest BCUT2D eigenvalue weighted by Crippen LogP contribution is -2.52. The summed E-state index contributed by atoms with van der Waals surface area (Å²) in [7, 11) is 0. The van der Waals surface area contributed by atoms with Gasteiger partial charge in [-0.3, -0.25) is 9.69 Å². The Morgan fingerprint density at radius 1 is 1.25 bits per heavy atom. The lowest BCUT2D eigenvalue weighted by molar-refractivity contribution is -0.143. The van der Waals surface area contributed by atoms with Gasteiger partial charge < -0.3 is 10.0 Å². The van der Waals surface area contributed by atoms with Gasteiger partial charge in [0, 0.05) is 32.2 Å². The molecule has 1 aliphatic heterocycles. The van der Waals surface area contributed by atoms with Crippen molar-refractivity contribution >= 4 is 5.97 Å². The highest BCUT2D eigenvalue weighted by atomic mass is 16.4. The Hall–Kier alpha value is -0.610. The third kappa shape index (κ3) is 2.38. The summed E-state index contributed by atoms with van der Waals surface area (Å²) in [6, 6.07) is 0.302. The second-order valence-corrected chi connectivity index (χ2v) is 4.91. The molecule has 4 heteroatoms. The number of carboxylic acid groups (broad SMARTS) is 1. The summed E-state index contributed by atoms with van der Waals surface area (Å²) in [5, 5.41) is 9.18. The first-order valence-electron chi connectivity index (χ1n) is 6.41. The van der Waals surface area contributed by atoms with E-state index >= 15 is 0 Å². The smallest absolute Gasteiger partial charge is 0.308 e. The largest absolute Gasteiger partial charge is 0.481 e. The summed E-state index contributed by atoms with van der Waals surface area (Å²) in [6.07, 6.45) is 3.02. The normalized spacial score (nSPS) is 33.1. The van der Waals surface area contributed by atoms with Crippen LogP contribution in [0.1, 0.15) is 26.2 Å². The van der Waals surface area contributed by atoms with E-state index in [1.807, 2.05) is 0 Å². The molecule has 1 saturated heterocycles. The summed E-state index contributed by atoms with van der Waals surface area (Å²) in [6.45, 7) is 7.58. The minimum atomic E-state index is -0.597. The molecule has 0 bridgehead atoms. The third-order valence-electron chi connectivity index (χ3n) is 4.12. The van der Waals surface area contributed by atoms with Gasteiger partial charge in [-0.2, -0.15) is 0 Å². The molecule has 2 atom stereocenters. The number of hydrogen-bond donors (Lipinski definition) is 1. The Labute approximate surface area is 97.2 Å². The van der Waals surface area contributed by atoms with Gasteiger partial charge in [-0.1, -0.05) is 13.3 Å². The van der Waals surface area contributed by atoms with E-state index in [0.29, 0.717) is 6.04 Å². The topological polar surface area (TPSA) is 43.8 Å². The van der Waals surface area contributed by atoms with Gasteiger partial charge in [0.1, 0.15) is 0 Å². The van der Waals surface area contributed by atoms with E-state index in [0.717, 1.165) is 52.0 Å². The van der Waals surface area contributed by atoms with Crippen LogP contribution in [0.15, 0.2) is 0 Å². The maximum absolute atomic E-state index is 11.1. The van der Waals surface area contributed by atoms with Crippen molar-refractivity contribution in [2.75, 3.05) is 32.7 Å². The van der Waals surface area contributed by atoms with Gasteiger partial charge in [0.25, 0.3) is 0 Å². The van der Waals surface area contributed by atoms with Crippen LogP contribution in [-0.4, -0.2) is 59.6 Å². The molecule has 16 heavy (non-hydrogen) atoms. The number of rotatable bonds is 3. The van der Waals surface area contributed by atoms with Crippen molar-refractivity contribution in [1.82, 2.24) is 9.80 Å². The first kappa shape index (κ1) is 11.9. The molecular formula is C12H22N2O2. The molecule has 92 valence electrons. The van der Waals surface area contributed by atoms with Crippen LogP contribution in [0.5, 0.6) is 0 Å². The molecule has 0 aromatic carbocycles.